The Morgan fingerprint density at radius 2 is 1.72 bits per heavy atom. The molecule has 2 heterocycles. The summed E-state index contributed by atoms with van der Waals surface area (Å²) >= 11 is 0. The van der Waals surface area contributed by atoms with E-state index in [4.69, 9.17) is 6.42 Å². The maximum atomic E-state index is 5.65. The number of hydrogen-bond donors (Lipinski definition) is 1. The lowest BCUT2D eigenvalue weighted by atomic mass is 10.2. The van der Waals surface area contributed by atoms with Gasteiger partial charge in [-0.2, -0.15) is 4.98 Å². The highest BCUT2D eigenvalue weighted by molar-refractivity contribution is 5.84. The topological polar surface area (TPSA) is 60.4 Å². The largest absolute Gasteiger partial charge is 0.373 e. The number of benzene rings is 1. The van der Waals surface area contributed by atoms with Crippen molar-refractivity contribution >= 4 is 34.2 Å². The minimum absolute atomic E-state index is 0.484. The molecule has 150 valence electrons. The van der Waals surface area contributed by atoms with Crippen LogP contribution in [0, 0.1) is 12.3 Å². The third-order valence-corrected chi connectivity index (χ3v) is 4.61. The molecule has 7 nitrogen and oxygen atoms in total. The van der Waals surface area contributed by atoms with Gasteiger partial charge in [-0.1, -0.05) is 5.92 Å². The molecule has 29 heavy (non-hydrogen) atoms. The van der Waals surface area contributed by atoms with Gasteiger partial charge in [0, 0.05) is 57.4 Å². The number of hydrogen-bond acceptors (Lipinski definition) is 7. The van der Waals surface area contributed by atoms with Crippen LogP contribution >= 0.6 is 0 Å². The van der Waals surface area contributed by atoms with E-state index in [0.717, 1.165) is 41.2 Å². The monoisotopic (exact) mass is 389 g/mol. The minimum atomic E-state index is 0.484. The van der Waals surface area contributed by atoms with Gasteiger partial charge in [0.1, 0.15) is 5.82 Å². The third-order valence-electron chi connectivity index (χ3n) is 4.61. The molecule has 3 aromatic rings. The van der Waals surface area contributed by atoms with Gasteiger partial charge in [0.2, 0.25) is 5.95 Å². The fourth-order valence-electron chi connectivity index (χ4n) is 2.81. The maximum absolute atomic E-state index is 5.65. The second kappa shape index (κ2) is 8.76. The van der Waals surface area contributed by atoms with Gasteiger partial charge < -0.3 is 20.0 Å². The smallest absolute Gasteiger partial charge is 0.229 e. The fourth-order valence-corrected chi connectivity index (χ4v) is 2.81. The number of nitrogens with zero attached hydrogens (tertiary/aromatic N) is 6. The van der Waals surface area contributed by atoms with Gasteiger partial charge in [-0.25, -0.2) is 9.97 Å². The summed E-state index contributed by atoms with van der Waals surface area (Å²) in [5.41, 5.74) is 3.37. The first-order chi connectivity index (χ1) is 13.9. The van der Waals surface area contributed by atoms with E-state index >= 15 is 0 Å². The zero-order valence-electron chi connectivity index (χ0n) is 17.6. The normalized spacial score (nSPS) is 10.8. The molecule has 2 aromatic heterocycles. The number of terminal acetylenes is 1. The summed E-state index contributed by atoms with van der Waals surface area (Å²) in [6.45, 7) is 1.97. The van der Waals surface area contributed by atoms with Crippen LogP contribution in [0.3, 0.4) is 0 Å². The first-order valence-corrected chi connectivity index (χ1v) is 9.42. The van der Waals surface area contributed by atoms with Crippen molar-refractivity contribution in [1.82, 2.24) is 19.9 Å². The Bertz CT molecular complexity index is 1020. The molecule has 0 saturated heterocycles. The van der Waals surface area contributed by atoms with Gasteiger partial charge in [0.15, 0.2) is 5.65 Å². The van der Waals surface area contributed by atoms with E-state index in [1.165, 1.54) is 0 Å². The first-order valence-electron chi connectivity index (χ1n) is 9.42. The highest BCUT2D eigenvalue weighted by atomic mass is 15.2. The Balaban J connectivity index is 1.80. The lowest BCUT2D eigenvalue weighted by molar-refractivity contribution is 0.416. The number of nitrogens with one attached hydrogen (secondary N) is 1. The number of rotatable bonds is 7. The summed E-state index contributed by atoms with van der Waals surface area (Å²) in [7, 11) is 10.1. The van der Waals surface area contributed by atoms with Crippen molar-refractivity contribution in [3.05, 3.63) is 42.1 Å². The summed E-state index contributed by atoms with van der Waals surface area (Å²) in [4.78, 5) is 19.8. The van der Waals surface area contributed by atoms with Gasteiger partial charge in [0.05, 0.1) is 5.39 Å². The maximum Gasteiger partial charge on any atom is 0.229 e. The van der Waals surface area contributed by atoms with E-state index in [1.807, 2.05) is 37.2 Å². The zero-order chi connectivity index (χ0) is 21.0. The first kappa shape index (κ1) is 20.4. The van der Waals surface area contributed by atoms with Crippen molar-refractivity contribution in [2.24, 2.45) is 0 Å². The quantitative estimate of drug-likeness (QED) is 0.624. The van der Waals surface area contributed by atoms with Crippen LogP contribution in [0.1, 0.15) is 5.56 Å². The Morgan fingerprint density at radius 3 is 2.34 bits per heavy atom. The molecule has 0 aliphatic heterocycles. The van der Waals surface area contributed by atoms with E-state index in [-0.39, 0.29) is 0 Å². The second-order valence-corrected chi connectivity index (χ2v) is 7.39. The molecule has 0 fully saturated rings. The van der Waals surface area contributed by atoms with Crippen LogP contribution < -0.4 is 15.1 Å². The molecular weight excluding hydrogens is 362 g/mol. The van der Waals surface area contributed by atoms with Crippen molar-refractivity contribution in [2.75, 3.05) is 63.4 Å². The Kier molecular flexibility index (Phi) is 6.15. The molecule has 0 bridgehead atoms. The highest BCUT2D eigenvalue weighted by Gasteiger charge is 2.09. The summed E-state index contributed by atoms with van der Waals surface area (Å²) in [5.74, 6) is 3.94. The van der Waals surface area contributed by atoms with E-state index in [0.29, 0.717) is 11.6 Å². The molecule has 0 aliphatic carbocycles. The van der Waals surface area contributed by atoms with Crippen molar-refractivity contribution in [2.45, 2.75) is 0 Å². The summed E-state index contributed by atoms with van der Waals surface area (Å²) in [6, 6.07) is 10.1. The van der Waals surface area contributed by atoms with E-state index in [2.05, 4.69) is 69.3 Å². The van der Waals surface area contributed by atoms with Gasteiger partial charge in [-0.05, 0) is 44.4 Å². The molecule has 0 radical (unpaired) electrons. The average Bonchev–Trinajstić information content (AvgIpc) is 2.71. The fraction of sp³-hybridized carbons (Fsp3) is 0.318. The number of fused-ring (bicyclic) bond motifs is 1. The Labute approximate surface area is 172 Å². The molecule has 0 spiro atoms. The highest BCUT2D eigenvalue weighted by Crippen LogP contribution is 2.23. The average molecular weight is 390 g/mol. The summed E-state index contributed by atoms with van der Waals surface area (Å²) in [5, 5.41) is 4.01. The third kappa shape index (κ3) is 4.92. The van der Waals surface area contributed by atoms with Crippen LogP contribution in [0.2, 0.25) is 0 Å². The Hall–Kier alpha value is -3.37. The molecule has 0 atom stereocenters. The molecule has 1 N–H and O–H groups in total. The number of aromatic nitrogens is 3. The number of pyridine rings is 1. The van der Waals surface area contributed by atoms with Crippen LogP contribution in [-0.2, 0) is 0 Å². The molecule has 0 saturated carbocycles. The van der Waals surface area contributed by atoms with Crippen molar-refractivity contribution in [3.8, 4) is 12.3 Å². The van der Waals surface area contributed by atoms with Gasteiger partial charge in [0.25, 0.3) is 0 Å². The summed E-state index contributed by atoms with van der Waals surface area (Å²) < 4.78 is 0. The lowest BCUT2D eigenvalue weighted by Gasteiger charge is -2.21. The van der Waals surface area contributed by atoms with E-state index in [1.54, 1.807) is 6.20 Å². The van der Waals surface area contributed by atoms with Crippen molar-refractivity contribution < 1.29 is 0 Å². The molecule has 0 amide bonds. The molecule has 0 unspecified atom stereocenters. The van der Waals surface area contributed by atoms with Gasteiger partial charge in [-0.3, -0.25) is 0 Å². The van der Waals surface area contributed by atoms with Crippen LogP contribution in [0.25, 0.3) is 11.0 Å². The second-order valence-electron chi connectivity index (χ2n) is 7.39. The minimum Gasteiger partial charge on any atom is -0.373 e. The van der Waals surface area contributed by atoms with Crippen LogP contribution in [0.4, 0.5) is 23.1 Å². The predicted octanol–water partition coefficient (Wildman–Crippen LogP) is 2.81. The SMILES string of the molecule is C#Cc1cc(N(C)C)nc2nc(Nc3ccc(N(C)CCN(C)C)cc3)ncc12. The molecule has 0 aliphatic rings. The molecule has 1 aromatic carbocycles. The molecular formula is C22H27N7. The van der Waals surface area contributed by atoms with E-state index in [9.17, 15) is 0 Å². The number of likely N-dealkylation sites (N-methyl/N-ethyl adjacent to an activating group) is 2. The van der Waals surface area contributed by atoms with Crippen molar-refractivity contribution in [3.63, 3.8) is 0 Å². The molecule has 7 heteroatoms. The van der Waals surface area contributed by atoms with Gasteiger partial charge in [-0.15, -0.1) is 6.42 Å². The van der Waals surface area contributed by atoms with Crippen LogP contribution in [0.15, 0.2) is 36.5 Å². The zero-order valence-corrected chi connectivity index (χ0v) is 17.6. The standard InChI is InChI=1S/C22H27N7/c1-7-16-14-20(28(4)5)25-21-19(16)15-23-22(26-21)24-17-8-10-18(11-9-17)29(6)13-12-27(2)3/h1,8-11,14-15H,12-13H2,2-6H3,(H,23,24,25,26). The van der Waals surface area contributed by atoms with Crippen LogP contribution in [0.5, 0.6) is 0 Å². The van der Waals surface area contributed by atoms with Crippen LogP contribution in [-0.4, -0.2) is 68.2 Å². The summed E-state index contributed by atoms with van der Waals surface area (Å²) in [6.07, 6.45) is 7.37. The van der Waals surface area contributed by atoms with Crippen molar-refractivity contribution in [1.29, 1.82) is 0 Å². The predicted molar refractivity (Wildman–Crippen MR) is 121 cm³/mol. The Morgan fingerprint density at radius 1 is 1.00 bits per heavy atom. The number of anilines is 4. The lowest BCUT2D eigenvalue weighted by Crippen LogP contribution is -2.28. The van der Waals surface area contributed by atoms with E-state index < -0.39 is 0 Å². The van der Waals surface area contributed by atoms with Gasteiger partial charge >= 0.3 is 0 Å². The molecule has 3 rings (SSSR count).